The molecule has 40 heavy (non-hydrogen) atoms. The number of hydrogen-bond donors (Lipinski definition) is 1. The van der Waals surface area contributed by atoms with Crippen molar-refractivity contribution in [1.29, 1.82) is 0 Å². The molecule has 0 aliphatic heterocycles. The fraction of sp³-hybridized carbons (Fsp3) is 0.581. The van der Waals surface area contributed by atoms with E-state index in [0.717, 1.165) is 30.2 Å². The Morgan fingerprint density at radius 1 is 1.00 bits per heavy atom. The second kappa shape index (κ2) is 11.1. The van der Waals surface area contributed by atoms with E-state index in [2.05, 4.69) is 0 Å². The third-order valence-corrected chi connectivity index (χ3v) is 9.95. The molecule has 0 heterocycles. The van der Waals surface area contributed by atoms with Crippen LogP contribution >= 0.6 is 0 Å². The van der Waals surface area contributed by atoms with E-state index in [4.69, 9.17) is 14.2 Å². The van der Waals surface area contributed by atoms with E-state index in [9.17, 15) is 22.2 Å². The molecule has 6 unspecified atom stereocenters. The predicted octanol–water partition coefficient (Wildman–Crippen LogP) is 6.93. The highest BCUT2D eigenvalue weighted by atomic mass is 32.2. The molecule has 3 fully saturated rings. The number of ether oxygens (including phenoxy) is 3. The van der Waals surface area contributed by atoms with Gasteiger partial charge >= 0.3 is 5.97 Å². The fourth-order valence-electron chi connectivity index (χ4n) is 7.12. The van der Waals surface area contributed by atoms with Crippen LogP contribution in [0.4, 0.5) is 4.39 Å². The van der Waals surface area contributed by atoms with E-state index >= 15 is 0 Å². The van der Waals surface area contributed by atoms with E-state index < -0.39 is 28.2 Å². The van der Waals surface area contributed by atoms with Gasteiger partial charge in [-0.1, -0.05) is 34.1 Å². The Kier molecular flexibility index (Phi) is 8.03. The number of rotatable bonds is 9. The molecule has 2 aromatic carbocycles. The van der Waals surface area contributed by atoms with Gasteiger partial charge in [0.1, 0.15) is 5.75 Å². The average molecular weight is 575 g/mol. The number of halogens is 1. The molecule has 3 aliphatic rings. The van der Waals surface area contributed by atoms with Crippen molar-refractivity contribution < 1.29 is 36.4 Å². The standard InChI is InChI=1S/C31H39FO7S/c1-16(2)23-15-26(18(5)11-29(23)40(34,35)36)37-30(33)19-9-10-25(32)28(13-19)39-31(17(3)4)38-27-14-20-12-24(27)22-8-6-7-21(20)22/h9-11,13,15-17,20-22,24,27,31H,6-8,12,14H2,1-5H3,(H,34,35,36). The van der Waals surface area contributed by atoms with Crippen LogP contribution in [-0.2, 0) is 14.9 Å². The van der Waals surface area contributed by atoms with Crippen LogP contribution in [-0.4, -0.2) is 31.3 Å². The van der Waals surface area contributed by atoms with Crippen molar-refractivity contribution in [3.8, 4) is 11.5 Å². The summed E-state index contributed by atoms with van der Waals surface area (Å²) in [6.45, 7) is 9.05. The molecule has 0 amide bonds. The van der Waals surface area contributed by atoms with E-state index in [1.54, 1.807) is 20.8 Å². The second-order valence-corrected chi connectivity index (χ2v) is 13.8. The molecule has 9 heteroatoms. The van der Waals surface area contributed by atoms with Gasteiger partial charge in [-0.15, -0.1) is 0 Å². The Balaban J connectivity index is 1.32. The van der Waals surface area contributed by atoms with Gasteiger partial charge in [0, 0.05) is 5.92 Å². The summed E-state index contributed by atoms with van der Waals surface area (Å²) < 4.78 is 66.3. The Hall–Kier alpha value is -2.49. The van der Waals surface area contributed by atoms with Gasteiger partial charge in [-0.05, 0) is 104 Å². The molecular formula is C31H39FO7S. The molecule has 0 saturated heterocycles. The van der Waals surface area contributed by atoms with Crippen LogP contribution in [0.15, 0.2) is 35.2 Å². The quantitative estimate of drug-likeness (QED) is 0.150. The summed E-state index contributed by atoms with van der Waals surface area (Å²) in [6.07, 6.45) is 5.60. The smallest absolute Gasteiger partial charge is 0.343 e. The summed E-state index contributed by atoms with van der Waals surface area (Å²) in [5.41, 5.74) is 0.755. The van der Waals surface area contributed by atoms with Crippen LogP contribution in [0, 0.1) is 42.3 Å². The van der Waals surface area contributed by atoms with Crippen molar-refractivity contribution in [3.05, 3.63) is 52.8 Å². The zero-order valence-electron chi connectivity index (χ0n) is 23.7. The van der Waals surface area contributed by atoms with E-state index in [-0.39, 0.29) is 39.9 Å². The zero-order valence-corrected chi connectivity index (χ0v) is 24.5. The summed E-state index contributed by atoms with van der Waals surface area (Å²) in [4.78, 5) is 12.9. The highest BCUT2D eigenvalue weighted by Crippen LogP contribution is 2.59. The first-order chi connectivity index (χ1) is 18.8. The Bertz CT molecular complexity index is 1390. The maximum atomic E-state index is 14.9. The van der Waals surface area contributed by atoms with Crippen LogP contribution in [0.25, 0.3) is 0 Å². The number of aryl methyl sites for hydroxylation is 1. The van der Waals surface area contributed by atoms with Crippen LogP contribution in [0.5, 0.6) is 11.5 Å². The minimum Gasteiger partial charge on any atom is -0.462 e. The van der Waals surface area contributed by atoms with Crippen molar-refractivity contribution in [2.45, 2.75) is 89.9 Å². The predicted molar refractivity (Wildman–Crippen MR) is 148 cm³/mol. The molecule has 0 spiro atoms. The van der Waals surface area contributed by atoms with Crippen LogP contribution in [0.1, 0.15) is 87.2 Å². The van der Waals surface area contributed by atoms with Crippen molar-refractivity contribution >= 4 is 16.1 Å². The third kappa shape index (κ3) is 5.65. The summed E-state index contributed by atoms with van der Waals surface area (Å²) in [6, 6.07) is 6.51. The van der Waals surface area contributed by atoms with Gasteiger partial charge in [0.15, 0.2) is 11.6 Å². The maximum Gasteiger partial charge on any atom is 0.343 e. The summed E-state index contributed by atoms with van der Waals surface area (Å²) in [5, 5.41) is 0. The number of benzene rings is 2. The lowest BCUT2D eigenvalue weighted by molar-refractivity contribution is -0.163. The molecule has 6 atom stereocenters. The highest BCUT2D eigenvalue weighted by molar-refractivity contribution is 7.85. The number of carbonyl (C=O) groups is 1. The normalized spacial score (nSPS) is 26.4. The number of hydrogen-bond acceptors (Lipinski definition) is 6. The minimum absolute atomic E-state index is 0.0352. The number of carbonyl (C=O) groups excluding carboxylic acids is 1. The molecule has 3 aliphatic carbocycles. The van der Waals surface area contributed by atoms with Gasteiger partial charge in [-0.2, -0.15) is 8.42 Å². The first-order valence-corrected chi connectivity index (χ1v) is 15.7. The number of esters is 1. The topological polar surface area (TPSA) is 99.1 Å². The van der Waals surface area contributed by atoms with Gasteiger partial charge in [0.2, 0.25) is 6.29 Å². The maximum absolute atomic E-state index is 14.9. The monoisotopic (exact) mass is 574 g/mol. The Morgan fingerprint density at radius 2 is 1.73 bits per heavy atom. The van der Waals surface area contributed by atoms with Gasteiger partial charge in [-0.3, -0.25) is 4.55 Å². The molecule has 1 N–H and O–H groups in total. The third-order valence-electron chi connectivity index (χ3n) is 9.04. The van der Waals surface area contributed by atoms with Crippen molar-refractivity contribution in [1.82, 2.24) is 0 Å². The van der Waals surface area contributed by atoms with E-state index in [1.807, 2.05) is 13.8 Å². The van der Waals surface area contributed by atoms with Crippen LogP contribution < -0.4 is 9.47 Å². The molecular weight excluding hydrogens is 535 g/mol. The lowest BCUT2D eigenvalue weighted by Crippen LogP contribution is -2.37. The van der Waals surface area contributed by atoms with Crippen molar-refractivity contribution in [2.75, 3.05) is 0 Å². The zero-order chi connectivity index (χ0) is 28.9. The highest BCUT2D eigenvalue weighted by Gasteiger charge is 2.54. The first kappa shape index (κ1) is 29.0. The van der Waals surface area contributed by atoms with Gasteiger partial charge in [0.25, 0.3) is 10.1 Å². The van der Waals surface area contributed by atoms with E-state index in [1.165, 1.54) is 49.9 Å². The van der Waals surface area contributed by atoms with Crippen molar-refractivity contribution in [3.63, 3.8) is 0 Å². The van der Waals surface area contributed by atoms with Gasteiger partial charge in [-0.25, -0.2) is 9.18 Å². The summed E-state index contributed by atoms with van der Waals surface area (Å²) in [5.74, 6) is 1.25. The number of fused-ring (bicyclic) bond motifs is 5. The molecule has 3 saturated carbocycles. The average Bonchev–Trinajstić information content (AvgIpc) is 3.59. The van der Waals surface area contributed by atoms with Gasteiger partial charge < -0.3 is 14.2 Å². The Morgan fingerprint density at radius 3 is 2.40 bits per heavy atom. The molecule has 0 radical (unpaired) electrons. The molecule has 2 aromatic rings. The second-order valence-electron chi connectivity index (χ2n) is 12.4. The van der Waals surface area contributed by atoms with Crippen LogP contribution in [0.3, 0.4) is 0 Å². The fourth-order valence-corrected chi connectivity index (χ4v) is 8.04. The minimum atomic E-state index is -4.45. The molecule has 2 bridgehead atoms. The van der Waals surface area contributed by atoms with Crippen molar-refractivity contribution in [2.24, 2.45) is 29.6 Å². The van der Waals surface area contributed by atoms with Crippen LogP contribution in [0.2, 0.25) is 0 Å². The molecule has 5 rings (SSSR count). The first-order valence-electron chi connectivity index (χ1n) is 14.3. The summed E-state index contributed by atoms with van der Waals surface area (Å²) in [7, 11) is -4.45. The lowest BCUT2D eigenvalue weighted by Gasteiger charge is -2.35. The molecule has 0 aromatic heterocycles. The SMILES string of the molecule is Cc1cc(S(=O)(=O)O)c(C(C)C)cc1OC(=O)c1ccc(F)c(OC(OC2CC3CC2C2CCCC32)C(C)C)c1. The molecule has 7 nitrogen and oxygen atoms in total. The molecule has 218 valence electrons. The largest absolute Gasteiger partial charge is 0.462 e. The van der Waals surface area contributed by atoms with Gasteiger partial charge in [0.05, 0.1) is 16.6 Å². The van der Waals surface area contributed by atoms with E-state index in [0.29, 0.717) is 17.0 Å². The summed E-state index contributed by atoms with van der Waals surface area (Å²) >= 11 is 0. The Labute approximate surface area is 236 Å². The lowest BCUT2D eigenvalue weighted by atomic mass is 9.80.